The maximum Gasteiger partial charge on any atom is 0.391 e. The Morgan fingerprint density at radius 1 is 1.54 bits per heavy atom. The maximum atomic E-state index is 11.8. The van der Waals surface area contributed by atoms with Crippen LogP contribution in [0.15, 0.2) is 4.99 Å². The predicted molar refractivity (Wildman–Crippen MR) is 44.0 cm³/mol. The van der Waals surface area contributed by atoms with E-state index < -0.39 is 18.6 Å². The van der Waals surface area contributed by atoms with Crippen molar-refractivity contribution in [1.29, 1.82) is 0 Å². The number of nitrogens with zero attached hydrogens (tertiary/aromatic N) is 1. The monoisotopic (exact) mass is 198 g/mol. The number of alkyl halides is 3. The van der Waals surface area contributed by atoms with E-state index in [-0.39, 0.29) is 5.96 Å². The van der Waals surface area contributed by atoms with Crippen molar-refractivity contribution >= 4 is 5.96 Å². The number of hydrogen-bond acceptors (Lipinski definition) is 2. The van der Waals surface area contributed by atoms with Crippen molar-refractivity contribution < 1.29 is 13.2 Å². The molecule has 0 saturated carbocycles. The van der Waals surface area contributed by atoms with Gasteiger partial charge in [-0.3, -0.25) is 10.4 Å². The van der Waals surface area contributed by atoms with Gasteiger partial charge in [-0.25, -0.2) is 5.84 Å². The third kappa shape index (κ3) is 6.21. The van der Waals surface area contributed by atoms with E-state index in [4.69, 9.17) is 5.84 Å². The molecule has 0 rings (SSSR count). The van der Waals surface area contributed by atoms with Gasteiger partial charge in [0.1, 0.15) is 0 Å². The number of hydrogen-bond donors (Lipinski definition) is 3. The first-order valence-electron chi connectivity index (χ1n) is 3.65. The number of hydrazine groups is 1. The van der Waals surface area contributed by atoms with Gasteiger partial charge in [0, 0.05) is 13.1 Å². The highest BCUT2D eigenvalue weighted by atomic mass is 19.4. The molecular formula is C6H13F3N4. The summed E-state index contributed by atoms with van der Waals surface area (Å²) in [4.78, 5) is 3.58. The molecule has 0 aliphatic rings. The van der Waals surface area contributed by atoms with Crippen molar-refractivity contribution in [2.24, 2.45) is 10.8 Å². The van der Waals surface area contributed by atoms with Crippen molar-refractivity contribution in [3.8, 4) is 0 Å². The van der Waals surface area contributed by atoms with Gasteiger partial charge in [0.2, 0.25) is 5.96 Å². The summed E-state index contributed by atoms with van der Waals surface area (Å²) in [6.07, 6.45) is -5.10. The lowest BCUT2D eigenvalue weighted by atomic mass is 10.2. The first kappa shape index (κ1) is 12.0. The molecule has 78 valence electrons. The molecule has 0 spiro atoms. The van der Waals surface area contributed by atoms with Gasteiger partial charge in [0.25, 0.3) is 0 Å². The van der Waals surface area contributed by atoms with Crippen molar-refractivity contribution in [3.05, 3.63) is 0 Å². The second-order valence-electron chi connectivity index (χ2n) is 2.58. The molecule has 0 aromatic heterocycles. The Bertz CT molecular complexity index is 177. The zero-order valence-electron chi connectivity index (χ0n) is 7.44. The van der Waals surface area contributed by atoms with E-state index in [1.165, 1.54) is 14.0 Å². The van der Waals surface area contributed by atoms with Crippen LogP contribution in [0.2, 0.25) is 0 Å². The van der Waals surface area contributed by atoms with Crippen molar-refractivity contribution in [3.63, 3.8) is 0 Å². The molecule has 0 heterocycles. The van der Waals surface area contributed by atoms with Gasteiger partial charge in [-0.1, -0.05) is 0 Å². The van der Waals surface area contributed by atoms with E-state index in [1.54, 1.807) is 0 Å². The van der Waals surface area contributed by atoms with Crippen LogP contribution < -0.4 is 16.6 Å². The fourth-order valence-corrected chi connectivity index (χ4v) is 0.802. The summed E-state index contributed by atoms with van der Waals surface area (Å²) in [6, 6.07) is -0.755. The summed E-state index contributed by atoms with van der Waals surface area (Å²) in [5.74, 6) is 5.11. The Labute approximate surface area is 74.4 Å². The van der Waals surface area contributed by atoms with Gasteiger partial charge in [-0.2, -0.15) is 13.2 Å². The minimum absolute atomic E-state index is 0.136. The van der Waals surface area contributed by atoms with Gasteiger partial charge < -0.3 is 5.32 Å². The maximum absolute atomic E-state index is 11.8. The molecule has 4 nitrogen and oxygen atoms in total. The van der Waals surface area contributed by atoms with E-state index >= 15 is 0 Å². The normalized spacial score (nSPS) is 15.4. The van der Waals surface area contributed by atoms with Gasteiger partial charge in [-0.05, 0) is 6.92 Å². The van der Waals surface area contributed by atoms with Crippen LogP contribution in [0.5, 0.6) is 0 Å². The minimum Gasteiger partial charge on any atom is -0.353 e. The molecule has 1 unspecified atom stereocenters. The average molecular weight is 198 g/mol. The van der Waals surface area contributed by atoms with Crippen LogP contribution in [0.25, 0.3) is 0 Å². The lowest BCUT2D eigenvalue weighted by Gasteiger charge is -2.17. The second-order valence-corrected chi connectivity index (χ2v) is 2.58. The Hall–Kier alpha value is -0.980. The SMILES string of the molecule is CN=C(NN)NC(C)CC(F)(F)F. The predicted octanol–water partition coefficient (Wildman–Crippen LogP) is 0.366. The summed E-state index contributed by atoms with van der Waals surface area (Å²) in [5.41, 5.74) is 2.14. The first-order valence-corrected chi connectivity index (χ1v) is 3.65. The van der Waals surface area contributed by atoms with Gasteiger partial charge in [0.05, 0.1) is 6.42 Å². The van der Waals surface area contributed by atoms with Crippen LogP contribution >= 0.6 is 0 Å². The largest absolute Gasteiger partial charge is 0.391 e. The van der Waals surface area contributed by atoms with Gasteiger partial charge in [-0.15, -0.1) is 0 Å². The first-order chi connectivity index (χ1) is 5.89. The van der Waals surface area contributed by atoms with E-state index in [0.717, 1.165) is 0 Å². The van der Waals surface area contributed by atoms with Crippen LogP contribution in [0, 0.1) is 0 Å². The summed E-state index contributed by atoms with van der Waals surface area (Å²) in [5, 5.41) is 2.47. The molecule has 7 heteroatoms. The summed E-state index contributed by atoms with van der Waals surface area (Å²) >= 11 is 0. The van der Waals surface area contributed by atoms with Crippen LogP contribution in [-0.2, 0) is 0 Å². The molecule has 0 aromatic carbocycles. The van der Waals surface area contributed by atoms with Crippen LogP contribution in [0.3, 0.4) is 0 Å². The number of aliphatic imine (C=N–C) groups is 1. The second kappa shape index (κ2) is 4.90. The van der Waals surface area contributed by atoms with E-state index in [9.17, 15) is 13.2 Å². The fraction of sp³-hybridized carbons (Fsp3) is 0.833. The van der Waals surface area contributed by atoms with E-state index in [1.807, 2.05) is 0 Å². The molecular weight excluding hydrogens is 185 g/mol. The third-order valence-corrected chi connectivity index (χ3v) is 1.28. The Kier molecular flexibility index (Phi) is 4.53. The highest BCUT2D eigenvalue weighted by Gasteiger charge is 2.30. The van der Waals surface area contributed by atoms with E-state index in [0.29, 0.717) is 0 Å². The average Bonchev–Trinajstić information content (AvgIpc) is 1.96. The standard InChI is InChI=1S/C6H13F3N4/c1-4(3-6(7,8)9)12-5(11-2)13-10/h4H,3,10H2,1-2H3,(H2,11,12,13). The number of nitrogens with one attached hydrogen (secondary N) is 2. The third-order valence-electron chi connectivity index (χ3n) is 1.28. The summed E-state index contributed by atoms with van der Waals surface area (Å²) < 4.78 is 35.5. The lowest BCUT2D eigenvalue weighted by molar-refractivity contribution is -0.138. The molecule has 0 aliphatic carbocycles. The summed E-state index contributed by atoms with van der Waals surface area (Å²) in [7, 11) is 1.42. The highest BCUT2D eigenvalue weighted by Crippen LogP contribution is 2.21. The van der Waals surface area contributed by atoms with Gasteiger partial charge >= 0.3 is 6.18 Å². The molecule has 1 atom stereocenters. The molecule has 0 fully saturated rings. The zero-order valence-corrected chi connectivity index (χ0v) is 7.44. The van der Waals surface area contributed by atoms with Crippen LogP contribution in [0.4, 0.5) is 13.2 Å². The summed E-state index contributed by atoms with van der Waals surface area (Å²) in [6.45, 7) is 1.40. The lowest BCUT2D eigenvalue weighted by Crippen LogP contribution is -2.46. The van der Waals surface area contributed by atoms with Gasteiger partial charge in [0.15, 0.2) is 0 Å². The number of halogens is 3. The number of nitrogens with two attached hydrogens (primary N) is 1. The molecule has 0 radical (unpaired) electrons. The fourth-order valence-electron chi connectivity index (χ4n) is 0.802. The number of guanidine groups is 1. The van der Waals surface area contributed by atoms with Crippen LogP contribution in [-0.4, -0.2) is 25.2 Å². The van der Waals surface area contributed by atoms with Crippen molar-refractivity contribution in [1.82, 2.24) is 10.7 Å². The molecule has 0 aromatic rings. The molecule has 0 saturated heterocycles. The van der Waals surface area contributed by atoms with Crippen LogP contribution in [0.1, 0.15) is 13.3 Å². The van der Waals surface area contributed by atoms with Crippen molar-refractivity contribution in [2.75, 3.05) is 7.05 Å². The molecule has 13 heavy (non-hydrogen) atoms. The topological polar surface area (TPSA) is 62.4 Å². The Morgan fingerprint density at radius 2 is 2.08 bits per heavy atom. The quantitative estimate of drug-likeness (QED) is 0.260. The number of rotatable bonds is 2. The Balaban J connectivity index is 3.94. The molecule has 0 amide bonds. The Morgan fingerprint density at radius 3 is 2.38 bits per heavy atom. The minimum atomic E-state index is -4.18. The highest BCUT2D eigenvalue weighted by molar-refractivity contribution is 5.79. The smallest absolute Gasteiger partial charge is 0.353 e. The molecule has 4 N–H and O–H groups in total. The van der Waals surface area contributed by atoms with E-state index in [2.05, 4.69) is 15.7 Å². The molecule has 0 aliphatic heterocycles. The molecule has 0 bridgehead atoms. The zero-order chi connectivity index (χ0) is 10.5. The van der Waals surface area contributed by atoms with Crippen molar-refractivity contribution in [2.45, 2.75) is 25.6 Å².